The van der Waals surface area contributed by atoms with Crippen LogP contribution in [0.2, 0.25) is 0 Å². The van der Waals surface area contributed by atoms with E-state index in [0.717, 1.165) is 27.0 Å². The van der Waals surface area contributed by atoms with Gasteiger partial charge in [-0.05, 0) is 35.5 Å². The van der Waals surface area contributed by atoms with Gasteiger partial charge >= 0.3 is 0 Å². The Hall–Kier alpha value is -1.60. The summed E-state index contributed by atoms with van der Waals surface area (Å²) in [5.41, 5.74) is 6.91. The van der Waals surface area contributed by atoms with E-state index >= 15 is 0 Å². The molecule has 0 spiro atoms. The minimum Gasteiger partial charge on any atom is -0.493 e. The molecular weight excluding hydrogens is 294 g/mol. The van der Waals surface area contributed by atoms with Crippen LogP contribution in [-0.4, -0.2) is 24.8 Å². The van der Waals surface area contributed by atoms with Crippen molar-refractivity contribution in [3.05, 3.63) is 23.8 Å². The van der Waals surface area contributed by atoms with E-state index in [1.54, 1.807) is 26.0 Å². The van der Waals surface area contributed by atoms with Crippen molar-refractivity contribution in [2.75, 3.05) is 31.5 Å². The van der Waals surface area contributed by atoms with Gasteiger partial charge in [0.25, 0.3) is 0 Å². The number of aromatic nitrogens is 1. The van der Waals surface area contributed by atoms with Crippen molar-refractivity contribution in [1.82, 2.24) is 4.37 Å². The van der Waals surface area contributed by atoms with Gasteiger partial charge in [0.15, 0.2) is 17.3 Å². The van der Waals surface area contributed by atoms with Crippen molar-refractivity contribution in [1.29, 1.82) is 0 Å². The van der Waals surface area contributed by atoms with E-state index < -0.39 is 0 Å². The average molecular weight is 311 g/mol. The van der Waals surface area contributed by atoms with E-state index in [9.17, 15) is 0 Å². The van der Waals surface area contributed by atoms with Gasteiger partial charge in [0, 0.05) is 6.54 Å². The molecule has 0 aliphatic heterocycles. The molecule has 0 fully saturated rings. The lowest BCUT2D eigenvalue weighted by Crippen LogP contribution is -2.00. The third kappa shape index (κ3) is 3.10. The topological polar surface area (TPSA) is 69.4 Å². The number of rotatable bonds is 6. The molecule has 0 aliphatic carbocycles. The number of ether oxygens (including phenoxy) is 2. The van der Waals surface area contributed by atoms with Gasteiger partial charge in [-0.1, -0.05) is 6.07 Å². The summed E-state index contributed by atoms with van der Waals surface area (Å²) in [5, 5.41) is 4.34. The largest absolute Gasteiger partial charge is 0.493 e. The first-order chi connectivity index (χ1) is 9.69. The quantitative estimate of drug-likeness (QED) is 0.799. The van der Waals surface area contributed by atoms with Crippen molar-refractivity contribution < 1.29 is 9.47 Å². The molecule has 5 nitrogen and oxygen atoms in total. The number of anilines is 2. The highest BCUT2D eigenvalue weighted by atomic mass is 32.2. The van der Waals surface area contributed by atoms with E-state index in [1.165, 1.54) is 11.5 Å². The van der Waals surface area contributed by atoms with Crippen molar-refractivity contribution >= 4 is 34.1 Å². The van der Waals surface area contributed by atoms with Gasteiger partial charge in [-0.25, -0.2) is 0 Å². The summed E-state index contributed by atoms with van der Waals surface area (Å²) in [6, 6.07) is 5.85. The smallest absolute Gasteiger partial charge is 0.161 e. The van der Waals surface area contributed by atoms with Crippen LogP contribution >= 0.6 is 23.3 Å². The molecule has 0 radical (unpaired) electrons. The molecule has 0 atom stereocenters. The number of nitrogens with one attached hydrogen (secondary N) is 1. The number of nitrogens with zero attached hydrogens (tertiary/aromatic N) is 1. The van der Waals surface area contributed by atoms with Crippen LogP contribution in [0.5, 0.6) is 11.5 Å². The van der Waals surface area contributed by atoms with Crippen molar-refractivity contribution in [2.24, 2.45) is 0 Å². The molecule has 108 valence electrons. The summed E-state index contributed by atoms with van der Waals surface area (Å²) < 4.78 is 14.7. The van der Waals surface area contributed by atoms with Gasteiger partial charge in [0.1, 0.15) is 5.00 Å². The van der Waals surface area contributed by atoms with E-state index in [2.05, 4.69) is 9.69 Å². The molecule has 2 rings (SSSR count). The molecule has 1 aromatic heterocycles. The second kappa shape index (κ2) is 6.71. The second-order valence-corrected chi connectivity index (χ2v) is 5.56. The number of hydrogen-bond acceptors (Lipinski definition) is 7. The molecular formula is C13H17N3O2S2. The van der Waals surface area contributed by atoms with Gasteiger partial charge in [-0.15, -0.1) is 11.8 Å². The lowest BCUT2D eigenvalue weighted by atomic mass is 10.2. The molecule has 3 N–H and O–H groups in total. The van der Waals surface area contributed by atoms with Gasteiger partial charge < -0.3 is 20.5 Å². The van der Waals surface area contributed by atoms with Crippen LogP contribution in [0.3, 0.4) is 0 Å². The number of thioether (sulfide) groups is 1. The zero-order valence-electron chi connectivity index (χ0n) is 11.6. The number of methoxy groups -OCH3 is 2. The SMILES string of the molecule is COc1ccc(CNc2snc(N)c2SC)cc1OC. The molecule has 7 heteroatoms. The Labute approximate surface area is 126 Å². The Bertz CT molecular complexity index is 587. The van der Waals surface area contributed by atoms with Crippen molar-refractivity contribution in [3.63, 3.8) is 0 Å². The highest BCUT2D eigenvalue weighted by Gasteiger charge is 2.10. The van der Waals surface area contributed by atoms with Crippen molar-refractivity contribution in [3.8, 4) is 11.5 Å². The molecule has 0 unspecified atom stereocenters. The summed E-state index contributed by atoms with van der Waals surface area (Å²) in [5.74, 6) is 2.03. The minimum atomic E-state index is 0.581. The Morgan fingerprint density at radius 1 is 1.30 bits per heavy atom. The highest BCUT2D eigenvalue weighted by molar-refractivity contribution is 7.99. The summed E-state index contributed by atoms with van der Waals surface area (Å²) in [6.07, 6.45) is 1.99. The molecule has 0 bridgehead atoms. The molecule has 2 aromatic rings. The monoisotopic (exact) mass is 311 g/mol. The third-order valence-electron chi connectivity index (χ3n) is 2.78. The maximum Gasteiger partial charge on any atom is 0.161 e. The van der Waals surface area contributed by atoms with Gasteiger partial charge in [-0.3, -0.25) is 0 Å². The fourth-order valence-electron chi connectivity index (χ4n) is 1.78. The van der Waals surface area contributed by atoms with E-state index in [-0.39, 0.29) is 0 Å². The first-order valence-corrected chi connectivity index (χ1v) is 7.93. The molecule has 0 saturated carbocycles. The highest BCUT2D eigenvalue weighted by Crippen LogP contribution is 2.35. The fourth-order valence-corrected chi connectivity index (χ4v) is 3.31. The number of benzene rings is 1. The molecule has 0 saturated heterocycles. The zero-order chi connectivity index (χ0) is 14.5. The predicted molar refractivity (Wildman–Crippen MR) is 85.2 cm³/mol. The summed E-state index contributed by atoms with van der Waals surface area (Å²) in [7, 11) is 3.26. The Balaban J connectivity index is 2.10. The van der Waals surface area contributed by atoms with Crippen LogP contribution in [0.4, 0.5) is 10.8 Å². The first-order valence-electron chi connectivity index (χ1n) is 5.93. The number of nitrogen functional groups attached to an aromatic ring is 1. The lowest BCUT2D eigenvalue weighted by molar-refractivity contribution is 0.354. The third-order valence-corrected chi connectivity index (χ3v) is 4.55. The van der Waals surface area contributed by atoms with Crippen LogP contribution in [0.1, 0.15) is 5.56 Å². The Morgan fingerprint density at radius 2 is 2.05 bits per heavy atom. The van der Waals surface area contributed by atoms with E-state index in [4.69, 9.17) is 15.2 Å². The Kier molecular flexibility index (Phi) is 4.97. The van der Waals surface area contributed by atoms with Crippen LogP contribution < -0.4 is 20.5 Å². The number of nitrogens with two attached hydrogens (primary N) is 1. The van der Waals surface area contributed by atoms with Crippen LogP contribution in [0.15, 0.2) is 23.1 Å². The molecule has 1 aromatic carbocycles. The maximum absolute atomic E-state index is 5.81. The minimum absolute atomic E-state index is 0.581. The standard InChI is InChI=1S/C13H17N3O2S2/c1-17-9-5-4-8(6-10(9)18-2)7-15-13-11(19-3)12(14)16-20-13/h4-6,15H,7H2,1-3H3,(H2,14,16). The normalized spacial score (nSPS) is 10.3. The lowest BCUT2D eigenvalue weighted by Gasteiger charge is -2.10. The van der Waals surface area contributed by atoms with Gasteiger partial charge in [0.2, 0.25) is 0 Å². The molecule has 1 heterocycles. The summed E-state index contributed by atoms with van der Waals surface area (Å²) in [6.45, 7) is 0.676. The summed E-state index contributed by atoms with van der Waals surface area (Å²) >= 11 is 2.97. The van der Waals surface area contributed by atoms with Crippen LogP contribution in [0.25, 0.3) is 0 Å². The van der Waals surface area contributed by atoms with Gasteiger partial charge in [-0.2, -0.15) is 4.37 Å². The fraction of sp³-hybridized carbons (Fsp3) is 0.308. The first kappa shape index (κ1) is 14.8. The predicted octanol–water partition coefficient (Wildman–Crippen LogP) is 3.08. The van der Waals surface area contributed by atoms with Crippen molar-refractivity contribution in [2.45, 2.75) is 11.4 Å². The van der Waals surface area contributed by atoms with E-state index in [1.807, 2.05) is 24.5 Å². The summed E-state index contributed by atoms with van der Waals surface area (Å²) in [4.78, 5) is 0.996. The molecule has 20 heavy (non-hydrogen) atoms. The molecule has 0 amide bonds. The maximum atomic E-state index is 5.81. The van der Waals surface area contributed by atoms with E-state index in [0.29, 0.717) is 12.4 Å². The Morgan fingerprint density at radius 3 is 2.70 bits per heavy atom. The zero-order valence-corrected chi connectivity index (χ0v) is 13.2. The molecule has 0 aliphatic rings. The van der Waals surface area contributed by atoms with Crippen LogP contribution in [0, 0.1) is 0 Å². The van der Waals surface area contributed by atoms with Gasteiger partial charge in [0.05, 0.1) is 19.1 Å². The van der Waals surface area contributed by atoms with Crippen LogP contribution in [-0.2, 0) is 6.54 Å². The average Bonchev–Trinajstić information content (AvgIpc) is 2.84. The number of hydrogen-bond donors (Lipinski definition) is 2. The second-order valence-electron chi connectivity index (χ2n) is 3.97.